The van der Waals surface area contributed by atoms with E-state index in [4.69, 9.17) is 9.47 Å². The Morgan fingerprint density at radius 2 is 1.52 bits per heavy atom. The number of aromatic nitrogens is 1. The molecule has 0 aliphatic carbocycles. The maximum atomic E-state index is 14.5. The minimum atomic E-state index is -0.668. The number of hydrogen-bond acceptors (Lipinski definition) is 10. The van der Waals surface area contributed by atoms with E-state index in [9.17, 15) is 24.0 Å². The Hall–Kier alpha value is -4.20. The number of hydrogen-bond donors (Lipinski definition) is 2. The second-order valence-corrected chi connectivity index (χ2v) is 20.4. The van der Waals surface area contributed by atoms with Gasteiger partial charge in [-0.15, -0.1) is 0 Å². The van der Waals surface area contributed by atoms with E-state index >= 15 is 0 Å². The van der Waals surface area contributed by atoms with Crippen molar-refractivity contribution in [3.63, 3.8) is 0 Å². The molecule has 1 aliphatic rings. The monoisotopic (exact) mass is 905 g/mol. The lowest BCUT2D eigenvalue weighted by atomic mass is 9.83. The van der Waals surface area contributed by atoms with Crippen LogP contribution in [0.3, 0.4) is 0 Å². The van der Waals surface area contributed by atoms with Crippen LogP contribution in [0.15, 0.2) is 48.7 Å². The molecule has 0 radical (unpaired) electrons. The lowest BCUT2D eigenvalue weighted by molar-refractivity contribution is -0.149. The average Bonchev–Trinajstić information content (AvgIpc) is 3.73. The maximum Gasteiger partial charge on any atom is 0.226 e. The highest BCUT2D eigenvalue weighted by atomic mass is 16.5. The van der Waals surface area contributed by atoms with Gasteiger partial charge in [0.05, 0.1) is 42.7 Å². The van der Waals surface area contributed by atoms with Gasteiger partial charge in [-0.3, -0.25) is 33.9 Å². The van der Waals surface area contributed by atoms with Gasteiger partial charge in [0.1, 0.15) is 5.78 Å². The van der Waals surface area contributed by atoms with Gasteiger partial charge in [0, 0.05) is 88.6 Å². The molecule has 1 aromatic heterocycles. The topological polar surface area (TPSA) is 150 Å². The Kier molecular flexibility index (Phi) is 21.7. The summed E-state index contributed by atoms with van der Waals surface area (Å²) < 4.78 is 12.2. The van der Waals surface area contributed by atoms with Crippen LogP contribution in [-0.2, 0) is 46.4 Å². The predicted molar refractivity (Wildman–Crippen MR) is 259 cm³/mol. The van der Waals surface area contributed by atoms with Crippen LogP contribution in [0.2, 0.25) is 0 Å². The summed E-state index contributed by atoms with van der Waals surface area (Å²) >= 11 is 0. The normalized spacial score (nSPS) is 18.1. The number of methoxy groups -OCH3 is 2. The fourth-order valence-corrected chi connectivity index (χ4v) is 9.73. The Balaban J connectivity index is 1.79. The number of carbonyl (C=O) groups is 5. The molecule has 0 spiro atoms. The summed E-state index contributed by atoms with van der Waals surface area (Å²) in [7, 11) is 8.73. The van der Waals surface area contributed by atoms with Crippen LogP contribution in [0.4, 0.5) is 5.69 Å². The Morgan fingerprint density at radius 3 is 2.05 bits per heavy atom. The fraction of sp³-hybridized carbons (Fsp3) is 0.692. The zero-order valence-corrected chi connectivity index (χ0v) is 42.5. The van der Waals surface area contributed by atoms with Gasteiger partial charge in [0.2, 0.25) is 17.7 Å². The van der Waals surface area contributed by atoms with E-state index < -0.39 is 36.0 Å². The molecule has 2 N–H and O–H groups in total. The molecule has 0 bridgehead atoms. The highest BCUT2D eigenvalue weighted by Crippen LogP contribution is 2.32. The lowest BCUT2D eigenvalue weighted by Crippen LogP contribution is -2.54. The van der Waals surface area contributed by atoms with Crippen LogP contribution >= 0.6 is 0 Å². The van der Waals surface area contributed by atoms with Gasteiger partial charge in [-0.25, -0.2) is 0 Å². The largest absolute Gasteiger partial charge is 0.380 e. The van der Waals surface area contributed by atoms with Crippen LogP contribution in [-0.4, -0.2) is 127 Å². The van der Waals surface area contributed by atoms with Crippen LogP contribution < -0.4 is 10.6 Å². The zero-order chi connectivity index (χ0) is 48.8. The summed E-state index contributed by atoms with van der Waals surface area (Å²) in [6, 6.07) is 12.4. The van der Waals surface area contributed by atoms with E-state index in [1.807, 2.05) is 101 Å². The number of anilines is 1. The molecule has 0 saturated carbocycles. The Labute approximate surface area is 391 Å². The summed E-state index contributed by atoms with van der Waals surface area (Å²) in [6.07, 6.45) is 3.04. The number of likely N-dealkylation sites (N-methyl/N-ethyl adjacent to an activating group) is 2. The number of nitrogens with one attached hydrogen (secondary N) is 2. The Morgan fingerprint density at radius 1 is 0.862 bits per heavy atom. The number of pyridine rings is 1. The van der Waals surface area contributed by atoms with Crippen molar-refractivity contribution in [2.45, 2.75) is 157 Å². The molecule has 13 heteroatoms. The number of ether oxygens (including phenoxy) is 2. The Bertz CT molecular complexity index is 1810. The summed E-state index contributed by atoms with van der Waals surface area (Å²) in [4.78, 5) is 80.6. The van der Waals surface area contributed by atoms with Crippen molar-refractivity contribution in [2.75, 3.05) is 47.2 Å². The molecule has 9 atom stereocenters. The van der Waals surface area contributed by atoms with E-state index in [-0.39, 0.29) is 83.9 Å². The molecule has 1 fully saturated rings. The smallest absolute Gasteiger partial charge is 0.226 e. The van der Waals surface area contributed by atoms with Gasteiger partial charge in [-0.2, -0.15) is 0 Å². The second-order valence-electron chi connectivity index (χ2n) is 20.4. The van der Waals surface area contributed by atoms with Crippen molar-refractivity contribution in [1.29, 1.82) is 0 Å². The van der Waals surface area contributed by atoms with Gasteiger partial charge >= 0.3 is 0 Å². The summed E-state index contributed by atoms with van der Waals surface area (Å²) in [6.45, 7) is 21.1. The fourth-order valence-electron chi connectivity index (χ4n) is 9.73. The van der Waals surface area contributed by atoms with Gasteiger partial charge in [-0.05, 0) is 95.3 Å². The molecular weight excluding hydrogens is 821 g/mol. The second kappa shape index (κ2) is 25.6. The van der Waals surface area contributed by atoms with Crippen molar-refractivity contribution in [2.24, 2.45) is 35.5 Å². The first kappa shape index (κ1) is 55.1. The number of amides is 3. The summed E-state index contributed by atoms with van der Waals surface area (Å²) in [5, 5.41) is 6.52. The number of Topliss-reactive ketones (excluding diaryl/α,β-unsaturated/α-hetero) is 2. The first-order chi connectivity index (χ1) is 30.5. The van der Waals surface area contributed by atoms with Crippen molar-refractivity contribution in [1.82, 2.24) is 25.0 Å². The SMILES string of the molecule is CC[C@H](C)[C@@H]([C@@H](CC(=O)N1CCC[C@H]1[C@H](OC)[C@@H](C)C(=O)CC(Cc1ccccn1)C(=O)NCc1ccc(NC(C)(C)C)cc1)OC)N(C)C(=O)[C@@H](CC(=O)[C@H](C(C)C)N(C)C)C(C)C. The minimum absolute atomic E-state index is 0.0124. The first-order valence-electron chi connectivity index (χ1n) is 23.9. The summed E-state index contributed by atoms with van der Waals surface area (Å²) in [5.74, 6) is -2.38. The molecule has 3 amide bonds. The van der Waals surface area contributed by atoms with Crippen molar-refractivity contribution >= 4 is 35.0 Å². The van der Waals surface area contributed by atoms with Crippen LogP contribution in [0.5, 0.6) is 0 Å². The van der Waals surface area contributed by atoms with Gasteiger partial charge in [0.15, 0.2) is 5.78 Å². The van der Waals surface area contributed by atoms with E-state index in [1.165, 1.54) is 0 Å². The van der Waals surface area contributed by atoms with Gasteiger partial charge in [-0.1, -0.05) is 73.1 Å². The third-order valence-electron chi connectivity index (χ3n) is 13.4. The first-order valence-corrected chi connectivity index (χ1v) is 23.9. The van der Waals surface area contributed by atoms with E-state index in [0.29, 0.717) is 25.9 Å². The van der Waals surface area contributed by atoms with E-state index in [1.54, 1.807) is 32.4 Å². The molecule has 2 heterocycles. The number of nitrogens with zero attached hydrogens (tertiary/aromatic N) is 4. The van der Waals surface area contributed by atoms with Crippen molar-refractivity contribution in [3.8, 4) is 0 Å². The van der Waals surface area contributed by atoms with Crippen LogP contribution in [0, 0.1) is 35.5 Å². The standard InChI is InChI=1S/C52H84N6O7/c1-16-35(6)48(57(13)51(63)41(33(2)3)30-44(60)47(34(4)5)56(11)12)45(64-14)31-46(61)58-27-19-21-42(58)49(65-15)36(7)43(59)29-38(28-40-20-17-18-26-53-40)50(62)54-32-37-22-24-39(25-23-37)55-52(8,9)10/h17-18,20,22-26,33-36,38,41-42,45,47-49,55H,16,19,21,27-32H2,1-15H3,(H,54,62)/t35-,36-,38?,41-,42-,45+,47-,48-,49+/m0/s1. The molecule has 3 rings (SSSR count). The molecule has 1 aliphatic heterocycles. The molecule has 364 valence electrons. The molecule has 1 unspecified atom stereocenters. The quantitative estimate of drug-likeness (QED) is 0.0974. The average molecular weight is 905 g/mol. The third-order valence-corrected chi connectivity index (χ3v) is 13.4. The van der Waals surface area contributed by atoms with E-state index in [0.717, 1.165) is 29.8 Å². The molecular formula is C52H84N6O7. The molecule has 1 aromatic carbocycles. The molecule has 65 heavy (non-hydrogen) atoms. The van der Waals surface area contributed by atoms with Gasteiger partial charge < -0.3 is 29.9 Å². The number of likely N-dealkylation sites (tertiary alicyclic amines) is 1. The third kappa shape index (κ3) is 16.0. The predicted octanol–water partition coefficient (Wildman–Crippen LogP) is 7.46. The lowest BCUT2D eigenvalue weighted by Gasteiger charge is -2.41. The van der Waals surface area contributed by atoms with E-state index in [2.05, 4.69) is 50.2 Å². The van der Waals surface area contributed by atoms with Gasteiger partial charge in [0.25, 0.3) is 0 Å². The molecule has 2 aromatic rings. The highest BCUT2D eigenvalue weighted by molar-refractivity contribution is 5.90. The number of carbonyl (C=O) groups excluding carboxylic acids is 5. The summed E-state index contributed by atoms with van der Waals surface area (Å²) in [5.41, 5.74) is 2.57. The number of benzene rings is 1. The molecule has 1 saturated heterocycles. The number of rotatable bonds is 26. The number of ketones is 2. The minimum Gasteiger partial charge on any atom is -0.380 e. The van der Waals surface area contributed by atoms with Crippen molar-refractivity contribution < 1.29 is 33.4 Å². The highest BCUT2D eigenvalue weighted by Gasteiger charge is 2.43. The molecule has 13 nitrogen and oxygen atoms in total. The van der Waals surface area contributed by atoms with Crippen LogP contribution in [0.25, 0.3) is 0 Å². The van der Waals surface area contributed by atoms with Crippen molar-refractivity contribution in [3.05, 3.63) is 59.9 Å². The maximum absolute atomic E-state index is 14.5. The van der Waals surface area contributed by atoms with Crippen LogP contribution in [0.1, 0.15) is 119 Å². The zero-order valence-electron chi connectivity index (χ0n) is 42.5.